The van der Waals surface area contributed by atoms with Crippen molar-refractivity contribution in [3.8, 4) is 0 Å². The smallest absolute Gasteiger partial charge is 0.118 e. The zero-order valence-corrected chi connectivity index (χ0v) is 12.6. The second-order valence-electron chi connectivity index (χ2n) is 7.11. The normalized spacial score (nSPS) is 40.2. The first-order valence-corrected chi connectivity index (χ1v) is 8.29. The van der Waals surface area contributed by atoms with Crippen LogP contribution >= 0.6 is 0 Å². The molecule has 2 saturated heterocycles. The molecule has 3 heterocycles. The van der Waals surface area contributed by atoms with Gasteiger partial charge in [-0.3, -0.25) is 4.90 Å². The Balaban J connectivity index is 1.44. The number of fused-ring (bicyclic) bond motifs is 1. The van der Waals surface area contributed by atoms with E-state index in [1.54, 1.807) is 0 Å². The van der Waals surface area contributed by atoms with Crippen LogP contribution in [0.2, 0.25) is 0 Å². The lowest BCUT2D eigenvalue weighted by molar-refractivity contribution is 0.194. The van der Waals surface area contributed by atoms with Crippen molar-refractivity contribution in [1.82, 2.24) is 10.2 Å². The SMILES string of the molecule is CCC1C2CNCC2CN1Cc1ccc(C2CC2C)o1. The summed E-state index contributed by atoms with van der Waals surface area (Å²) in [4.78, 5) is 2.66. The molecule has 110 valence electrons. The molecule has 0 aromatic carbocycles. The van der Waals surface area contributed by atoms with Gasteiger partial charge in [0.1, 0.15) is 11.5 Å². The van der Waals surface area contributed by atoms with Crippen molar-refractivity contribution >= 4 is 0 Å². The Morgan fingerprint density at radius 1 is 1.35 bits per heavy atom. The lowest BCUT2D eigenvalue weighted by atomic mass is 9.93. The fourth-order valence-electron chi connectivity index (χ4n) is 4.45. The number of furan rings is 1. The summed E-state index contributed by atoms with van der Waals surface area (Å²) in [5.41, 5.74) is 0. The maximum atomic E-state index is 6.10. The van der Waals surface area contributed by atoms with Crippen LogP contribution in [0, 0.1) is 17.8 Å². The molecule has 1 aromatic heterocycles. The second-order valence-corrected chi connectivity index (χ2v) is 7.11. The zero-order chi connectivity index (χ0) is 13.7. The molecule has 4 rings (SSSR count). The van der Waals surface area contributed by atoms with Crippen LogP contribution in [0.25, 0.3) is 0 Å². The van der Waals surface area contributed by atoms with E-state index in [-0.39, 0.29) is 0 Å². The van der Waals surface area contributed by atoms with Crippen molar-refractivity contribution in [3.63, 3.8) is 0 Å². The van der Waals surface area contributed by atoms with Gasteiger partial charge in [-0.1, -0.05) is 13.8 Å². The van der Waals surface area contributed by atoms with E-state index in [0.717, 1.165) is 30.3 Å². The molecule has 3 nitrogen and oxygen atoms in total. The minimum absolute atomic E-state index is 0.702. The molecule has 5 unspecified atom stereocenters. The van der Waals surface area contributed by atoms with Gasteiger partial charge in [0, 0.05) is 18.5 Å². The van der Waals surface area contributed by atoms with Crippen LogP contribution in [-0.4, -0.2) is 30.6 Å². The fourth-order valence-corrected chi connectivity index (χ4v) is 4.45. The number of nitrogens with one attached hydrogen (secondary N) is 1. The molecule has 0 radical (unpaired) electrons. The van der Waals surface area contributed by atoms with Crippen LogP contribution in [0.4, 0.5) is 0 Å². The minimum atomic E-state index is 0.702. The van der Waals surface area contributed by atoms with Crippen molar-refractivity contribution in [2.45, 2.75) is 45.2 Å². The van der Waals surface area contributed by atoms with E-state index >= 15 is 0 Å². The molecule has 1 N–H and O–H groups in total. The Hall–Kier alpha value is -0.800. The van der Waals surface area contributed by atoms with Crippen LogP contribution in [-0.2, 0) is 6.54 Å². The van der Waals surface area contributed by atoms with Gasteiger partial charge in [0.2, 0.25) is 0 Å². The topological polar surface area (TPSA) is 28.4 Å². The van der Waals surface area contributed by atoms with Gasteiger partial charge in [0.25, 0.3) is 0 Å². The molecule has 3 fully saturated rings. The molecule has 3 aliphatic rings. The van der Waals surface area contributed by atoms with Crippen molar-refractivity contribution < 1.29 is 4.42 Å². The molecule has 0 amide bonds. The summed E-state index contributed by atoms with van der Waals surface area (Å²) in [6, 6.07) is 5.16. The Morgan fingerprint density at radius 3 is 2.95 bits per heavy atom. The first kappa shape index (κ1) is 12.9. The zero-order valence-electron chi connectivity index (χ0n) is 12.6. The average Bonchev–Trinajstić information content (AvgIpc) is 2.86. The number of nitrogens with zero attached hydrogens (tertiary/aromatic N) is 1. The fraction of sp³-hybridized carbons (Fsp3) is 0.765. The van der Waals surface area contributed by atoms with E-state index in [0.29, 0.717) is 5.92 Å². The first-order valence-electron chi connectivity index (χ1n) is 8.29. The Morgan fingerprint density at radius 2 is 2.20 bits per heavy atom. The number of hydrogen-bond donors (Lipinski definition) is 1. The van der Waals surface area contributed by atoms with Gasteiger partial charge in [-0.25, -0.2) is 0 Å². The van der Waals surface area contributed by atoms with E-state index in [9.17, 15) is 0 Å². The Kier molecular flexibility index (Phi) is 3.15. The van der Waals surface area contributed by atoms with E-state index < -0.39 is 0 Å². The van der Waals surface area contributed by atoms with Crippen molar-refractivity contribution in [1.29, 1.82) is 0 Å². The lowest BCUT2D eigenvalue weighted by Gasteiger charge is -2.25. The third-order valence-corrected chi connectivity index (χ3v) is 5.76. The average molecular weight is 274 g/mol. The predicted octanol–water partition coefficient (Wildman–Crippen LogP) is 2.83. The van der Waals surface area contributed by atoms with E-state index in [4.69, 9.17) is 4.42 Å². The van der Waals surface area contributed by atoms with E-state index in [1.807, 2.05) is 0 Å². The third kappa shape index (κ3) is 2.11. The summed E-state index contributed by atoms with van der Waals surface area (Å²) in [6.45, 7) is 9.31. The summed E-state index contributed by atoms with van der Waals surface area (Å²) in [7, 11) is 0. The summed E-state index contributed by atoms with van der Waals surface area (Å²) in [5, 5.41) is 3.56. The van der Waals surface area contributed by atoms with Gasteiger partial charge >= 0.3 is 0 Å². The molecular formula is C17H26N2O. The summed E-state index contributed by atoms with van der Waals surface area (Å²) in [5.74, 6) is 5.64. The number of hydrogen-bond acceptors (Lipinski definition) is 3. The van der Waals surface area contributed by atoms with Crippen LogP contribution < -0.4 is 5.32 Å². The molecule has 1 aromatic rings. The van der Waals surface area contributed by atoms with Gasteiger partial charge in [-0.15, -0.1) is 0 Å². The van der Waals surface area contributed by atoms with Crippen molar-refractivity contribution in [3.05, 3.63) is 23.7 Å². The summed E-state index contributed by atoms with van der Waals surface area (Å²) in [6.07, 6.45) is 2.57. The Labute approximate surface area is 121 Å². The molecule has 5 atom stereocenters. The monoisotopic (exact) mass is 274 g/mol. The number of likely N-dealkylation sites (tertiary alicyclic amines) is 1. The molecule has 2 aliphatic heterocycles. The van der Waals surface area contributed by atoms with Crippen LogP contribution in [0.3, 0.4) is 0 Å². The molecular weight excluding hydrogens is 248 g/mol. The molecule has 20 heavy (non-hydrogen) atoms. The van der Waals surface area contributed by atoms with Crippen LogP contribution in [0.15, 0.2) is 16.5 Å². The first-order chi connectivity index (χ1) is 9.76. The highest BCUT2D eigenvalue weighted by molar-refractivity contribution is 5.18. The van der Waals surface area contributed by atoms with E-state index in [2.05, 4.69) is 36.2 Å². The lowest BCUT2D eigenvalue weighted by Crippen LogP contribution is -2.34. The quantitative estimate of drug-likeness (QED) is 0.915. The molecule has 1 aliphatic carbocycles. The summed E-state index contributed by atoms with van der Waals surface area (Å²) >= 11 is 0. The highest BCUT2D eigenvalue weighted by atomic mass is 16.3. The highest BCUT2D eigenvalue weighted by Crippen LogP contribution is 2.47. The van der Waals surface area contributed by atoms with Crippen molar-refractivity contribution in [2.75, 3.05) is 19.6 Å². The second kappa shape index (κ2) is 4.88. The molecule has 0 spiro atoms. The predicted molar refractivity (Wildman–Crippen MR) is 79.6 cm³/mol. The maximum absolute atomic E-state index is 6.10. The standard InChI is InChI=1S/C17H26N2O/c1-3-16-15-8-18-7-12(15)9-19(16)10-13-4-5-17(20-13)14-6-11(14)2/h4-5,11-12,14-16,18H,3,6-10H2,1-2H3. The van der Waals surface area contributed by atoms with Gasteiger partial charge in [0.15, 0.2) is 0 Å². The van der Waals surface area contributed by atoms with Crippen LogP contribution in [0.1, 0.15) is 44.1 Å². The van der Waals surface area contributed by atoms with Gasteiger partial charge in [0.05, 0.1) is 6.54 Å². The van der Waals surface area contributed by atoms with Gasteiger partial charge in [-0.05, 0) is 55.8 Å². The van der Waals surface area contributed by atoms with Gasteiger partial charge in [-0.2, -0.15) is 0 Å². The highest BCUT2D eigenvalue weighted by Gasteiger charge is 2.43. The Bertz CT molecular complexity index is 483. The minimum Gasteiger partial charge on any atom is -0.464 e. The largest absolute Gasteiger partial charge is 0.464 e. The van der Waals surface area contributed by atoms with Crippen LogP contribution in [0.5, 0.6) is 0 Å². The summed E-state index contributed by atoms with van der Waals surface area (Å²) < 4.78 is 6.10. The molecule has 1 saturated carbocycles. The van der Waals surface area contributed by atoms with Crippen molar-refractivity contribution in [2.24, 2.45) is 17.8 Å². The molecule has 3 heteroatoms. The molecule has 0 bridgehead atoms. The third-order valence-electron chi connectivity index (χ3n) is 5.76. The van der Waals surface area contributed by atoms with Gasteiger partial charge < -0.3 is 9.73 Å². The van der Waals surface area contributed by atoms with E-state index in [1.165, 1.54) is 44.0 Å². The maximum Gasteiger partial charge on any atom is 0.118 e. The number of rotatable bonds is 4.